The molecule has 6 heteroatoms. The van der Waals surface area contributed by atoms with Gasteiger partial charge in [-0.3, -0.25) is 14.5 Å². The van der Waals surface area contributed by atoms with Crippen LogP contribution < -0.4 is 10.2 Å². The van der Waals surface area contributed by atoms with E-state index in [1.807, 2.05) is 42.5 Å². The largest absolute Gasteiger partial charge is 0.369 e. The molecule has 1 N–H and O–H groups in total. The van der Waals surface area contributed by atoms with E-state index in [9.17, 15) is 9.59 Å². The summed E-state index contributed by atoms with van der Waals surface area (Å²) in [6, 6.07) is 11.8. The SMILES string of the molecule is Cc1ccc(Cl)cc1N1CCN(CCCNC(=O)c2ccc3c(c2)CC(=O)C2C=CC=C32)CC1. The number of piperazine rings is 1. The normalized spacial score (nSPS) is 19.6. The number of hydrogen-bond acceptors (Lipinski definition) is 4. The van der Waals surface area contributed by atoms with Gasteiger partial charge in [0, 0.05) is 55.4 Å². The van der Waals surface area contributed by atoms with Gasteiger partial charge < -0.3 is 10.2 Å². The highest BCUT2D eigenvalue weighted by molar-refractivity contribution is 6.30. The molecule has 1 atom stereocenters. The van der Waals surface area contributed by atoms with E-state index in [1.165, 1.54) is 11.3 Å². The molecule has 2 aliphatic carbocycles. The number of carbonyl (C=O) groups is 2. The number of benzene rings is 2. The number of carbonyl (C=O) groups excluding carboxylic acids is 2. The van der Waals surface area contributed by atoms with Crippen molar-refractivity contribution in [3.05, 3.63) is 81.9 Å². The second-order valence-corrected chi connectivity index (χ2v) is 9.80. The van der Waals surface area contributed by atoms with E-state index in [-0.39, 0.29) is 17.6 Å². The molecule has 2 aromatic carbocycles. The molecule has 34 heavy (non-hydrogen) atoms. The lowest BCUT2D eigenvalue weighted by Gasteiger charge is -2.37. The van der Waals surface area contributed by atoms with Crippen LogP contribution in [0, 0.1) is 12.8 Å². The Labute approximate surface area is 206 Å². The summed E-state index contributed by atoms with van der Waals surface area (Å²) in [5, 5.41) is 3.83. The van der Waals surface area contributed by atoms with Crippen LogP contribution in [0.15, 0.2) is 54.6 Å². The summed E-state index contributed by atoms with van der Waals surface area (Å²) < 4.78 is 0. The Kier molecular flexibility index (Phi) is 6.57. The number of allylic oxidation sites excluding steroid dienone is 4. The fourth-order valence-electron chi connectivity index (χ4n) is 5.22. The van der Waals surface area contributed by atoms with E-state index in [1.54, 1.807) is 0 Å². The van der Waals surface area contributed by atoms with Gasteiger partial charge in [-0.25, -0.2) is 0 Å². The van der Waals surface area contributed by atoms with E-state index >= 15 is 0 Å². The average Bonchev–Trinajstić information content (AvgIpc) is 3.34. The molecule has 1 heterocycles. The first-order chi connectivity index (χ1) is 16.5. The molecular formula is C28H30ClN3O2. The number of anilines is 1. The second kappa shape index (κ2) is 9.77. The van der Waals surface area contributed by atoms with Gasteiger partial charge in [0.15, 0.2) is 0 Å². The van der Waals surface area contributed by atoms with Crippen molar-refractivity contribution in [2.24, 2.45) is 5.92 Å². The highest BCUT2D eigenvalue weighted by atomic mass is 35.5. The van der Waals surface area contributed by atoms with Crippen molar-refractivity contribution >= 4 is 34.6 Å². The molecule has 1 aliphatic heterocycles. The van der Waals surface area contributed by atoms with E-state index in [0.717, 1.165) is 60.9 Å². The van der Waals surface area contributed by atoms with Crippen molar-refractivity contribution in [3.63, 3.8) is 0 Å². The zero-order chi connectivity index (χ0) is 23.7. The molecule has 176 valence electrons. The van der Waals surface area contributed by atoms with Crippen LogP contribution in [-0.4, -0.2) is 55.9 Å². The third kappa shape index (κ3) is 4.68. The number of hydrogen-bond donors (Lipinski definition) is 1. The van der Waals surface area contributed by atoms with Gasteiger partial charge in [-0.15, -0.1) is 0 Å². The summed E-state index contributed by atoms with van der Waals surface area (Å²) in [6.45, 7) is 7.70. The second-order valence-electron chi connectivity index (χ2n) is 9.37. The van der Waals surface area contributed by atoms with Gasteiger partial charge in [-0.2, -0.15) is 0 Å². The number of nitrogens with zero attached hydrogens (tertiary/aromatic N) is 2. The van der Waals surface area contributed by atoms with Crippen LogP contribution in [0.3, 0.4) is 0 Å². The first kappa shape index (κ1) is 22.9. The lowest BCUT2D eigenvalue weighted by atomic mass is 9.80. The van der Waals surface area contributed by atoms with Crippen LogP contribution in [0.25, 0.3) is 5.57 Å². The number of amides is 1. The van der Waals surface area contributed by atoms with E-state index in [0.29, 0.717) is 18.5 Å². The molecule has 3 aliphatic rings. The summed E-state index contributed by atoms with van der Waals surface area (Å²) in [5.41, 5.74) is 6.21. The maximum atomic E-state index is 12.7. The summed E-state index contributed by atoms with van der Waals surface area (Å²) in [7, 11) is 0. The van der Waals surface area contributed by atoms with E-state index < -0.39 is 0 Å². The lowest BCUT2D eigenvalue weighted by molar-refractivity contribution is -0.119. The average molecular weight is 476 g/mol. The smallest absolute Gasteiger partial charge is 0.251 e. The number of halogens is 1. The lowest BCUT2D eigenvalue weighted by Crippen LogP contribution is -2.47. The minimum Gasteiger partial charge on any atom is -0.369 e. The maximum absolute atomic E-state index is 12.7. The van der Waals surface area contributed by atoms with Gasteiger partial charge in [-0.05, 0) is 66.4 Å². The highest BCUT2D eigenvalue weighted by Gasteiger charge is 2.31. The van der Waals surface area contributed by atoms with Crippen molar-refractivity contribution in [1.82, 2.24) is 10.2 Å². The third-order valence-corrected chi connectivity index (χ3v) is 7.36. The Balaban J connectivity index is 1.08. The highest BCUT2D eigenvalue weighted by Crippen LogP contribution is 2.37. The molecule has 1 unspecified atom stereocenters. The molecule has 0 aromatic heterocycles. The zero-order valence-electron chi connectivity index (χ0n) is 19.5. The first-order valence-corrected chi connectivity index (χ1v) is 12.4. The predicted octanol–water partition coefficient (Wildman–Crippen LogP) is 4.29. The summed E-state index contributed by atoms with van der Waals surface area (Å²) in [6.07, 6.45) is 7.22. The van der Waals surface area contributed by atoms with E-state index in [2.05, 4.69) is 34.2 Å². The first-order valence-electron chi connectivity index (χ1n) is 12.1. The van der Waals surface area contributed by atoms with Gasteiger partial charge in [0.05, 0.1) is 5.92 Å². The topological polar surface area (TPSA) is 52.6 Å². The Hall–Kier alpha value is -2.89. The van der Waals surface area contributed by atoms with E-state index in [4.69, 9.17) is 11.6 Å². The van der Waals surface area contributed by atoms with Gasteiger partial charge in [0.25, 0.3) is 5.91 Å². The Bertz CT molecular complexity index is 1180. The fraction of sp³-hybridized carbons (Fsp3) is 0.357. The van der Waals surface area contributed by atoms with Crippen LogP contribution in [0.1, 0.15) is 33.5 Å². The van der Waals surface area contributed by atoms with Gasteiger partial charge in [0.2, 0.25) is 0 Å². The molecule has 0 saturated carbocycles. The summed E-state index contributed by atoms with van der Waals surface area (Å²) >= 11 is 6.19. The maximum Gasteiger partial charge on any atom is 0.251 e. The quantitative estimate of drug-likeness (QED) is 0.633. The van der Waals surface area contributed by atoms with Crippen molar-refractivity contribution in [3.8, 4) is 0 Å². The minimum absolute atomic E-state index is 0.0721. The molecule has 1 saturated heterocycles. The van der Waals surface area contributed by atoms with Crippen molar-refractivity contribution in [2.45, 2.75) is 19.8 Å². The monoisotopic (exact) mass is 475 g/mol. The van der Waals surface area contributed by atoms with Crippen LogP contribution in [0.5, 0.6) is 0 Å². The zero-order valence-corrected chi connectivity index (χ0v) is 20.3. The van der Waals surface area contributed by atoms with Crippen LogP contribution >= 0.6 is 11.6 Å². The van der Waals surface area contributed by atoms with Gasteiger partial charge in [0.1, 0.15) is 5.78 Å². The van der Waals surface area contributed by atoms with Crippen molar-refractivity contribution in [1.29, 1.82) is 0 Å². The number of Topliss-reactive ketones (excluding diaryl/α,β-unsaturated/α-hetero) is 1. The Morgan fingerprint density at radius 3 is 2.76 bits per heavy atom. The van der Waals surface area contributed by atoms with Crippen molar-refractivity contribution < 1.29 is 9.59 Å². The molecule has 0 spiro atoms. The van der Waals surface area contributed by atoms with Crippen molar-refractivity contribution in [2.75, 3.05) is 44.2 Å². The molecule has 1 amide bonds. The standard InChI is InChI=1S/C28H30ClN3O2/c1-19-6-8-22(29)18-26(19)32-14-12-31(13-15-32)11-3-10-30-28(34)20-7-9-23-21(16-20)17-27(33)25-5-2-4-24(23)25/h2,4-9,16,18,25H,3,10-15,17H2,1H3,(H,30,34). The predicted molar refractivity (Wildman–Crippen MR) is 138 cm³/mol. The molecule has 0 bridgehead atoms. The number of rotatable bonds is 6. The number of nitrogens with one attached hydrogen (secondary N) is 1. The summed E-state index contributed by atoms with van der Waals surface area (Å²) in [4.78, 5) is 30.0. The fourth-order valence-corrected chi connectivity index (χ4v) is 5.38. The number of ketones is 1. The Morgan fingerprint density at radius 1 is 1.12 bits per heavy atom. The molecule has 0 radical (unpaired) electrons. The summed E-state index contributed by atoms with van der Waals surface area (Å²) in [5.74, 6) is 0.0244. The molecule has 1 fully saturated rings. The minimum atomic E-state index is -0.108. The number of fused-ring (bicyclic) bond motifs is 3. The van der Waals surface area contributed by atoms with Crippen LogP contribution in [0.2, 0.25) is 5.02 Å². The molecule has 5 rings (SSSR count). The van der Waals surface area contributed by atoms with Gasteiger partial charge in [-0.1, -0.05) is 42.0 Å². The third-order valence-electron chi connectivity index (χ3n) is 7.13. The molecule has 5 nitrogen and oxygen atoms in total. The van der Waals surface area contributed by atoms with Crippen LogP contribution in [-0.2, 0) is 11.2 Å². The molecule has 2 aromatic rings. The van der Waals surface area contributed by atoms with Crippen LogP contribution in [0.4, 0.5) is 5.69 Å². The number of aryl methyl sites for hydroxylation is 1. The Morgan fingerprint density at radius 2 is 1.94 bits per heavy atom. The van der Waals surface area contributed by atoms with Gasteiger partial charge >= 0.3 is 0 Å². The molecular weight excluding hydrogens is 446 g/mol.